The Labute approximate surface area is 92.9 Å². The van der Waals surface area contributed by atoms with Crippen molar-refractivity contribution in [3.63, 3.8) is 0 Å². The molecule has 16 heavy (non-hydrogen) atoms. The summed E-state index contributed by atoms with van der Waals surface area (Å²) < 4.78 is 0. The molecule has 3 rings (SSSR count). The van der Waals surface area contributed by atoms with E-state index in [0.717, 1.165) is 27.3 Å². The van der Waals surface area contributed by atoms with Gasteiger partial charge in [0, 0.05) is 28.2 Å². The first-order chi connectivity index (χ1) is 7.75. The van der Waals surface area contributed by atoms with Gasteiger partial charge in [-0.3, -0.25) is 0 Å². The van der Waals surface area contributed by atoms with E-state index in [2.05, 4.69) is 47.4 Å². The van der Waals surface area contributed by atoms with Crippen LogP contribution in [0.15, 0.2) is 36.5 Å². The lowest BCUT2D eigenvalue weighted by atomic mass is 10.1. The van der Waals surface area contributed by atoms with Crippen molar-refractivity contribution < 1.29 is 0 Å². The van der Waals surface area contributed by atoms with Gasteiger partial charge >= 0.3 is 0 Å². The van der Waals surface area contributed by atoms with Crippen LogP contribution in [0.2, 0.25) is 0 Å². The lowest BCUT2D eigenvalue weighted by Gasteiger charge is -1.99. The second-order valence-electron chi connectivity index (χ2n) is 3.93. The van der Waals surface area contributed by atoms with Gasteiger partial charge in [-0.25, -0.2) is 0 Å². The van der Waals surface area contributed by atoms with Crippen LogP contribution >= 0.6 is 0 Å². The van der Waals surface area contributed by atoms with E-state index in [1.165, 1.54) is 5.39 Å². The van der Waals surface area contributed by atoms with Gasteiger partial charge < -0.3 is 9.97 Å². The number of hydrogen-bond acceptors (Lipinski definition) is 0. The SMILES string of the molecule is C=c1cc(-c2cccc3cc[nH]c23)[nH]c1=C. The minimum atomic E-state index is 0.874. The average molecular weight is 208 g/mol. The van der Waals surface area contributed by atoms with E-state index < -0.39 is 0 Å². The zero-order chi connectivity index (χ0) is 11.1. The van der Waals surface area contributed by atoms with E-state index in [4.69, 9.17) is 0 Å². The Morgan fingerprint density at radius 3 is 2.69 bits per heavy atom. The van der Waals surface area contributed by atoms with Crippen molar-refractivity contribution in [3.05, 3.63) is 47.1 Å². The largest absolute Gasteiger partial charge is 0.361 e. The summed E-state index contributed by atoms with van der Waals surface area (Å²) in [6.45, 7) is 7.84. The molecular weight excluding hydrogens is 196 g/mol. The molecule has 0 amide bonds. The van der Waals surface area contributed by atoms with Gasteiger partial charge in [0.25, 0.3) is 0 Å². The van der Waals surface area contributed by atoms with Gasteiger partial charge in [0.1, 0.15) is 0 Å². The second kappa shape index (κ2) is 3.14. The summed E-state index contributed by atoms with van der Waals surface area (Å²) in [6.07, 6.45) is 1.95. The van der Waals surface area contributed by atoms with Crippen molar-refractivity contribution in [2.45, 2.75) is 0 Å². The Bertz CT molecular complexity index is 719. The highest BCUT2D eigenvalue weighted by molar-refractivity contribution is 5.93. The van der Waals surface area contributed by atoms with Crippen molar-refractivity contribution in [3.8, 4) is 11.3 Å². The highest BCUT2D eigenvalue weighted by Crippen LogP contribution is 2.24. The van der Waals surface area contributed by atoms with E-state index in [1.54, 1.807) is 0 Å². The minimum Gasteiger partial charge on any atom is -0.361 e. The maximum atomic E-state index is 3.93. The number of rotatable bonds is 1. The second-order valence-corrected chi connectivity index (χ2v) is 3.93. The van der Waals surface area contributed by atoms with Crippen LogP contribution in [-0.4, -0.2) is 9.97 Å². The zero-order valence-electron chi connectivity index (χ0n) is 8.88. The molecule has 78 valence electrons. The number of fused-ring (bicyclic) bond motifs is 1. The van der Waals surface area contributed by atoms with Crippen LogP contribution in [0.5, 0.6) is 0 Å². The van der Waals surface area contributed by atoms with Crippen LogP contribution in [0, 0.1) is 0 Å². The fraction of sp³-hybridized carbons (Fsp3) is 0. The molecule has 0 bridgehead atoms. The molecule has 0 aliphatic rings. The fourth-order valence-electron chi connectivity index (χ4n) is 1.99. The summed E-state index contributed by atoms with van der Waals surface area (Å²) in [5, 5.41) is 3.03. The quantitative estimate of drug-likeness (QED) is 0.613. The molecule has 0 unspecified atom stereocenters. The van der Waals surface area contributed by atoms with Gasteiger partial charge in [-0.2, -0.15) is 0 Å². The highest BCUT2D eigenvalue weighted by atomic mass is 14.7. The molecule has 2 nitrogen and oxygen atoms in total. The van der Waals surface area contributed by atoms with Crippen molar-refractivity contribution in [2.24, 2.45) is 0 Å². The maximum absolute atomic E-state index is 3.93. The molecule has 0 spiro atoms. The molecule has 0 atom stereocenters. The third kappa shape index (κ3) is 1.20. The van der Waals surface area contributed by atoms with Gasteiger partial charge in [0.05, 0.1) is 5.52 Å². The van der Waals surface area contributed by atoms with Crippen molar-refractivity contribution >= 4 is 24.1 Å². The van der Waals surface area contributed by atoms with E-state index in [-0.39, 0.29) is 0 Å². The maximum Gasteiger partial charge on any atom is 0.0548 e. The first-order valence-corrected chi connectivity index (χ1v) is 5.19. The fourth-order valence-corrected chi connectivity index (χ4v) is 1.99. The Kier molecular flexibility index (Phi) is 1.77. The zero-order valence-corrected chi connectivity index (χ0v) is 8.88. The van der Waals surface area contributed by atoms with Gasteiger partial charge in [-0.15, -0.1) is 0 Å². The first kappa shape index (κ1) is 9.04. The van der Waals surface area contributed by atoms with Gasteiger partial charge in [0.15, 0.2) is 0 Å². The number of aromatic amines is 2. The standard InChI is InChI=1S/C14H12N2/c1-9-8-13(16-10(9)2)12-5-3-4-11-6-7-15-14(11)12/h3-8,15-16H,1-2H2. The summed E-state index contributed by atoms with van der Waals surface area (Å²) in [5.74, 6) is 0. The third-order valence-corrected chi connectivity index (χ3v) is 2.87. The van der Waals surface area contributed by atoms with E-state index in [0.29, 0.717) is 0 Å². The summed E-state index contributed by atoms with van der Waals surface area (Å²) >= 11 is 0. The van der Waals surface area contributed by atoms with E-state index in [9.17, 15) is 0 Å². The van der Waals surface area contributed by atoms with Crippen LogP contribution in [0.4, 0.5) is 0 Å². The highest BCUT2D eigenvalue weighted by Gasteiger charge is 2.05. The molecule has 2 aromatic heterocycles. The van der Waals surface area contributed by atoms with Crippen LogP contribution in [-0.2, 0) is 0 Å². The predicted octanol–water partition coefficient (Wildman–Crippen LogP) is 1.98. The normalized spacial score (nSPS) is 11.0. The Hall–Kier alpha value is -2.22. The van der Waals surface area contributed by atoms with Crippen molar-refractivity contribution in [1.82, 2.24) is 9.97 Å². The first-order valence-electron chi connectivity index (χ1n) is 5.19. The molecule has 0 saturated carbocycles. The van der Waals surface area contributed by atoms with Crippen LogP contribution in [0.25, 0.3) is 35.3 Å². The Morgan fingerprint density at radius 2 is 1.94 bits per heavy atom. The van der Waals surface area contributed by atoms with Crippen molar-refractivity contribution in [1.29, 1.82) is 0 Å². The Balaban J connectivity index is 2.37. The summed E-state index contributed by atoms with van der Waals surface area (Å²) in [7, 11) is 0. The topological polar surface area (TPSA) is 31.6 Å². The molecule has 2 heterocycles. The number of para-hydroxylation sites is 1. The van der Waals surface area contributed by atoms with E-state index in [1.807, 2.05) is 12.3 Å². The summed E-state index contributed by atoms with van der Waals surface area (Å²) in [6, 6.07) is 10.3. The molecule has 0 aliphatic heterocycles. The van der Waals surface area contributed by atoms with Gasteiger partial charge in [-0.1, -0.05) is 31.4 Å². The average Bonchev–Trinajstić information content (AvgIpc) is 2.85. The Morgan fingerprint density at radius 1 is 1.06 bits per heavy atom. The summed E-state index contributed by atoms with van der Waals surface area (Å²) in [5.41, 5.74) is 3.36. The van der Waals surface area contributed by atoms with E-state index >= 15 is 0 Å². The molecule has 3 aromatic rings. The molecule has 0 saturated heterocycles. The lowest BCUT2D eigenvalue weighted by molar-refractivity contribution is 1.33. The number of hydrogen-bond donors (Lipinski definition) is 2. The smallest absolute Gasteiger partial charge is 0.0548 e. The molecule has 0 aliphatic carbocycles. The molecule has 2 N–H and O–H groups in total. The molecule has 0 radical (unpaired) electrons. The predicted molar refractivity (Wildman–Crippen MR) is 68.4 cm³/mol. The third-order valence-electron chi connectivity index (χ3n) is 2.87. The molecule has 1 aromatic carbocycles. The van der Waals surface area contributed by atoms with Crippen molar-refractivity contribution in [2.75, 3.05) is 0 Å². The molecule has 2 heteroatoms. The number of H-pyrrole nitrogens is 2. The summed E-state index contributed by atoms with van der Waals surface area (Å²) in [4.78, 5) is 6.50. The number of benzene rings is 1. The molecular formula is C14H12N2. The van der Waals surface area contributed by atoms with Gasteiger partial charge in [-0.05, 0) is 17.4 Å². The van der Waals surface area contributed by atoms with Crippen LogP contribution in [0.1, 0.15) is 0 Å². The number of aromatic nitrogens is 2. The van der Waals surface area contributed by atoms with Crippen LogP contribution < -0.4 is 10.6 Å². The number of nitrogens with one attached hydrogen (secondary N) is 2. The minimum absolute atomic E-state index is 0.874. The van der Waals surface area contributed by atoms with Crippen LogP contribution in [0.3, 0.4) is 0 Å². The lowest BCUT2D eigenvalue weighted by Crippen LogP contribution is -2.17. The monoisotopic (exact) mass is 208 g/mol. The molecule has 0 fully saturated rings. The van der Waals surface area contributed by atoms with Gasteiger partial charge in [0.2, 0.25) is 0 Å².